The summed E-state index contributed by atoms with van der Waals surface area (Å²) in [5, 5.41) is 3.68. The molecule has 1 aliphatic carbocycles. The van der Waals surface area contributed by atoms with Crippen molar-refractivity contribution in [3.05, 3.63) is 41.5 Å². The molecule has 3 heteroatoms. The first kappa shape index (κ1) is 16.1. The molecule has 0 spiro atoms. The van der Waals surface area contributed by atoms with Gasteiger partial charge in [0.05, 0.1) is 12.7 Å². The van der Waals surface area contributed by atoms with Crippen molar-refractivity contribution in [3.63, 3.8) is 0 Å². The van der Waals surface area contributed by atoms with Gasteiger partial charge in [0.15, 0.2) is 0 Å². The number of allylic oxidation sites excluding steroid dienone is 1. The maximum atomic E-state index is 11.9. The molecule has 4 unspecified atom stereocenters. The zero-order chi connectivity index (χ0) is 16.8. The number of nitrogens with one attached hydrogen (secondary N) is 1. The second-order valence-corrected chi connectivity index (χ2v) is 7.66. The van der Waals surface area contributed by atoms with Crippen LogP contribution in [-0.4, -0.2) is 19.1 Å². The summed E-state index contributed by atoms with van der Waals surface area (Å²) in [7, 11) is 1.43. The molecule has 3 nitrogen and oxygen atoms in total. The van der Waals surface area contributed by atoms with E-state index in [0.29, 0.717) is 29.4 Å². The molecule has 23 heavy (non-hydrogen) atoms. The van der Waals surface area contributed by atoms with Crippen LogP contribution in [0, 0.1) is 17.3 Å². The Hall–Kier alpha value is -1.77. The number of carbonyl (C=O) groups is 1. The van der Waals surface area contributed by atoms with Gasteiger partial charge in [-0.25, -0.2) is 4.79 Å². The Morgan fingerprint density at radius 3 is 2.70 bits per heavy atom. The normalized spacial score (nSPS) is 31.3. The van der Waals surface area contributed by atoms with E-state index in [-0.39, 0.29) is 11.4 Å². The Morgan fingerprint density at radius 2 is 2.00 bits per heavy atom. The van der Waals surface area contributed by atoms with Gasteiger partial charge in [0.25, 0.3) is 0 Å². The smallest absolute Gasteiger partial charge is 0.337 e. The van der Waals surface area contributed by atoms with Crippen molar-refractivity contribution in [1.82, 2.24) is 0 Å². The minimum atomic E-state index is -0.271. The van der Waals surface area contributed by atoms with Crippen molar-refractivity contribution < 1.29 is 9.53 Å². The van der Waals surface area contributed by atoms with E-state index in [0.717, 1.165) is 5.69 Å². The third kappa shape index (κ3) is 2.66. The largest absolute Gasteiger partial charge is 0.465 e. The molecule has 0 fully saturated rings. The summed E-state index contributed by atoms with van der Waals surface area (Å²) in [6, 6.07) is 6.29. The van der Waals surface area contributed by atoms with Gasteiger partial charge in [-0.05, 0) is 60.3 Å². The Kier molecular flexibility index (Phi) is 3.99. The first-order valence-electron chi connectivity index (χ1n) is 8.51. The average molecular weight is 313 g/mol. The van der Waals surface area contributed by atoms with Gasteiger partial charge in [-0.15, -0.1) is 0 Å². The van der Waals surface area contributed by atoms with Gasteiger partial charge in [0.1, 0.15) is 0 Å². The summed E-state index contributed by atoms with van der Waals surface area (Å²) in [5.74, 6) is 1.21. The average Bonchev–Trinajstić information content (AvgIpc) is 3.04. The Balaban J connectivity index is 2.10. The zero-order valence-corrected chi connectivity index (χ0v) is 14.7. The van der Waals surface area contributed by atoms with E-state index in [1.807, 2.05) is 18.2 Å². The van der Waals surface area contributed by atoms with Gasteiger partial charge in [-0.1, -0.05) is 32.9 Å². The van der Waals surface area contributed by atoms with E-state index in [2.05, 4.69) is 45.2 Å². The molecule has 1 heterocycles. The molecular weight excluding hydrogens is 286 g/mol. The van der Waals surface area contributed by atoms with Crippen LogP contribution in [-0.2, 0) is 4.74 Å². The van der Waals surface area contributed by atoms with Gasteiger partial charge in [0, 0.05) is 11.7 Å². The lowest BCUT2D eigenvalue weighted by atomic mass is 9.67. The van der Waals surface area contributed by atoms with Crippen molar-refractivity contribution in [2.45, 2.75) is 46.1 Å². The van der Waals surface area contributed by atoms with Crippen molar-refractivity contribution in [1.29, 1.82) is 0 Å². The predicted octanol–water partition coefficient (Wildman–Crippen LogP) is 4.61. The summed E-state index contributed by atoms with van der Waals surface area (Å²) in [4.78, 5) is 11.9. The van der Waals surface area contributed by atoms with E-state index in [9.17, 15) is 4.79 Å². The van der Waals surface area contributed by atoms with E-state index >= 15 is 0 Å². The minimum Gasteiger partial charge on any atom is -0.465 e. The van der Waals surface area contributed by atoms with Gasteiger partial charge >= 0.3 is 5.97 Å². The number of fused-ring (bicyclic) bond motifs is 3. The fraction of sp³-hybridized carbons (Fsp3) is 0.550. The molecule has 0 saturated carbocycles. The second kappa shape index (κ2) is 5.70. The Labute approximate surface area is 139 Å². The molecule has 1 aromatic rings. The van der Waals surface area contributed by atoms with Crippen LogP contribution in [0.4, 0.5) is 5.69 Å². The van der Waals surface area contributed by atoms with Crippen LogP contribution in [0.3, 0.4) is 0 Å². The highest BCUT2D eigenvalue weighted by atomic mass is 16.5. The van der Waals surface area contributed by atoms with Gasteiger partial charge in [-0.2, -0.15) is 0 Å². The highest BCUT2D eigenvalue weighted by Gasteiger charge is 2.40. The highest BCUT2D eigenvalue weighted by Crippen LogP contribution is 2.50. The fourth-order valence-corrected chi connectivity index (χ4v) is 4.02. The molecule has 1 aromatic carbocycles. The van der Waals surface area contributed by atoms with Crippen LogP contribution in [0.25, 0.3) is 0 Å². The van der Waals surface area contributed by atoms with Crippen LogP contribution >= 0.6 is 0 Å². The third-order valence-corrected chi connectivity index (χ3v) is 6.15. The number of anilines is 1. The fourth-order valence-electron chi connectivity index (χ4n) is 4.02. The maximum Gasteiger partial charge on any atom is 0.337 e. The number of carbonyl (C=O) groups excluding carboxylic acids is 1. The third-order valence-electron chi connectivity index (χ3n) is 6.15. The molecule has 0 radical (unpaired) electrons. The van der Waals surface area contributed by atoms with E-state index < -0.39 is 0 Å². The summed E-state index contributed by atoms with van der Waals surface area (Å²) in [5.41, 5.74) is 3.13. The van der Waals surface area contributed by atoms with Crippen molar-refractivity contribution in [3.8, 4) is 0 Å². The molecule has 2 aliphatic rings. The number of esters is 1. The van der Waals surface area contributed by atoms with Crippen molar-refractivity contribution in [2.24, 2.45) is 17.3 Å². The first-order valence-corrected chi connectivity index (χ1v) is 8.51. The van der Waals surface area contributed by atoms with E-state index in [1.165, 1.54) is 19.1 Å². The lowest BCUT2D eigenvalue weighted by Gasteiger charge is -2.37. The lowest BCUT2D eigenvalue weighted by Crippen LogP contribution is -2.28. The summed E-state index contributed by atoms with van der Waals surface area (Å²) in [6.07, 6.45) is 5.97. The van der Waals surface area contributed by atoms with Gasteiger partial charge < -0.3 is 10.1 Å². The van der Waals surface area contributed by atoms with Crippen LogP contribution in [0.15, 0.2) is 30.4 Å². The molecule has 1 aliphatic heterocycles. The molecular formula is C20H27NO2. The zero-order valence-electron chi connectivity index (χ0n) is 14.7. The summed E-state index contributed by atoms with van der Waals surface area (Å²) >= 11 is 0. The van der Waals surface area contributed by atoms with Crippen LogP contribution < -0.4 is 5.32 Å². The Bertz CT molecular complexity index is 647. The van der Waals surface area contributed by atoms with E-state index in [4.69, 9.17) is 4.74 Å². The van der Waals surface area contributed by atoms with Crippen LogP contribution in [0.5, 0.6) is 0 Å². The SMILES string of the molecule is COC(=O)c1ccc2c(c1)C(C)C(C)(C)C1C=CC(C1)C(C)N2. The number of rotatable bonds is 1. The standard InChI is InChI=1S/C20H27NO2/c1-12-17-11-15(19(22)23-5)7-9-18(17)21-13(2)14-6-8-16(10-14)20(12,3)4/h6-9,11-14,16,21H,10H2,1-5H3. The minimum absolute atomic E-state index is 0.139. The van der Waals surface area contributed by atoms with E-state index in [1.54, 1.807) is 0 Å². The molecule has 124 valence electrons. The molecule has 0 amide bonds. The number of hydrogen-bond acceptors (Lipinski definition) is 3. The maximum absolute atomic E-state index is 11.9. The number of benzene rings is 1. The number of hydrogen-bond donors (Lipinski definition) is 1. The van der Waals surface area contributed by atoms with Crippen LogP contribution in [0.1, 0.15) is 56.0 Å². The molecule has 1 N–H and O–H groups in total. The molecule has 0 aromatic heterocycles. The van der Waals surface area contributed by atoms with Gasteiger partial charge in [0.2, 0.25) is 0 Å². The van der Waals surface area contributed by atoms with Crippen molar-refractivity contribution in [2.75, 3.05) is 12.4 Å². The number of methoxy groups -OCH3 is 1. The first-order chi connectivity index (χ1) is 10.8. The van der Waals surface area contributed by atoms with Crippen molar-refractivity contribution >= 4 is 11.7 Å². The monoisotopic (exact) mass is 313 g/mol. The molecule has 4 atom stereocenters. The quantitative estimate of drug-likeness (QED) is 0.608. The van der Waals surface area contributed by atoms with Crippen LogP contribution in [0.2, 0.25) is 0 Å². The highest BCUT2D eigenvalue weighted by molar-refractivity contribution is 5.90. The lowest BCUT2D eigenvalue weighted by molar-refractivity contribution is 0.0600. The second-order valence-electron chi connectivity index (χ2n) is 7.66. The molecule has 0 saturated heterocycles. The summed E-state index contributed by atoms with van der Waals surface area (Å²) in [6.45, 7) is 9.22. The topological polar surface area (TPSA) is 38.3 Å². The van der Waals surface area contributed by atoms with Gasteiger partial charge in [-0.3, -0.25) is 0 Å². The predicted molar refractivity (Wildman–Crippen MR) is 93.8 cm³/mol. The summed E-state index contributed by atoms with van der Waals surface area (Å²) < 4.78 is 4.90. The molecule has 3 rings (SSSR count). The Morgan fingerprint density at radius 1 is 1.26 bits per heavy atom. The molecule has 2 bridgehead atoms. The number of ether oxygens (including phenoxy) is 1.